The molecule has 0 aliphatic carbocycles. The molecule has 4 N–H and O–H groups in total. The van der Waals surface area contributed by atoms with Gasteiger partial charge in [0, 0.05) is 26.2 Å². The molecule has 0 unspecified atom stereocenters. The van der Waals surface area contributed by atoms with Crippen LogP contribution >= 0.6 is 0 Å². The van der Waals surface area contributed by atoms with Crippen LogP contribution in [0.5, 0.6) is 0 Å². The zero-order valence-corrected chi connectivity index (χ0v) is 8.08. The van der Waals surface area contributed by atoms with Crippen LogP contribution in [0.25, 0.3) is 0 Å². The van der Waals surface area contributed by atoms with Gasteiger partial charge in [-0.2, -0.15) is 0 Å². The minimum absolute atomic E-state index is 0. The number of hydrogen-bond donors (Lipinski definition) is 0. The normalized spacial score (nSPS) is 0. The molecule has 0 aromatic heterocycles. The van der Waals surface area contributed by atoms with Gasteiger partial charge in [-0.05, 0) is 0 Å². The smallest absolute Gasteiger partial charge is 1.00 e. The van der Waals surface area contributed by atoms with Gasteiger partial charge in [0.1, 0.15) is 0 Å². The van der Waals surface area contributed by atoms with Crippen LogP contribution in [-0.2, 0) is 26.2 Å². The summed E-state index contributed by atoms with van der Waals surface area (Å²) in [4.78, 5) is 0. The van der Waals surface area contributed by atoms with Crippen LogP contribution in [0.4, 0.5) is 0 Å². The zero-order valence-electron chi connectivity index (χ0n) is 3.50. The molecule has 0 amide bonds. The monoisotopic (exact) mass is 166 g/mol. The predicted octanol–water partition coefficient (Wildman–Crippen LogP) is -4.54. The largest absolute Gasteiger partial charge is 1.00 e. The summed E-state index contributed by atoms with van der Waals surface area (Å²) < 4.78 is 0. The van der Waals surface area contributed by atoms with Gasteiger partial charge >= 0.3 is 51.4 Å². The molecule has 0 spiro atoms. The van der Waals surface area contributed by atoms with Crippen molar-refractivity contribution < 1.29 is 90.0 Å². The minimum atomic E-state index is 0. The fourth-order valence-electron chi connectivity index (χ4n) is 0. The van der Waals surface area contributed by atoms with Gasteiger partial charge < -0.3 is 12.4 Å². The van der Waals surface area contributed by atoms with Crippen molar-refractivity contribution in [1.29, 1.82) is 0 Å². The number of hydrogen-bond acceptors (Lipinski definition) is 0. The molecule has 0 saturated heterocycles. The summed E-state index contributed by atoms with van der Waals surface area (Å²) in [6.45, 7) is 0. The van der Waals surface area contributed by atoms with E-state index >= 15 is 0 Å². The first-order valence-corrected chi connectivity index (χ1v) is 0. The molecule has 0 radical (unpaired) electrons. The van der Waals surface area contributed by atoms with Gasteiger partial charge in [-0.1, -0.05) is 0 Å². The first kappa shape index (κ1) is 32.0. The van der Waals surface area contributed by atoms with Gasteiger partial charge in [0.2, 0.25) is 0 Å². The third-order valence-electron chi connectivity index (χ3n) is 0. The van der Waals surface area contributed by atoms with Crippen molar-refractivity contribution in [2.75, 3.05) is 0 Å². The Morgan fingerprint density at radius 3 is 1.00 bits per heavy atom. The fraction of sp³-hybridized carbons (Fsp3) is 0. The first-order valence-electron chi connectivity index (χ1n) is 0. The Bertz CT molecular complexity index is 9.61. The summed E-state index contributed by atoms with van der Waals surface area (Å²) in [5.41, 5.74) is 0. The van der Waals surface area contributed by atoms with Crippen molar-refractivity contribution in [2.45, 2.75) is 0 Å². The second kappa shape index (κ2) is 18.0. The third kappa shape index (κ3) is 8.83. The SMILES string of the molecule is O.O.[H-].[K+].[Zr]. The van der Waals surface area contributed by atoms with Crippen LogP contribution in [0.1, 0.15) is 1.43 Å². The molecule has 22 valence electrons. The summed E-state index contributed by atoms with van der Waals surface area (Å²) in [5.74, 6) is 0. The van der Waals surface area contributed by atoms with E-state index in [9.17, 15) is 0 Å². The Kier molecular flexibility index (Phi) is 144. The molecule has 0 saturated carbocycles. The van der Waals surface area contributed by atoms with Gasteiger partial charge in [0.15, 0.2) is 0 Å². The number of rotatable bonds is 0. The van der Waals surface area contributed by atoms with E-state index in [1.54, 1.807) is 0 Å². The third-order valence-corrected chi connectivity index (χ3v) is 0. The molecule has 4 heteroatoms. The quantitative estimate of drug-likeness (QED) is 0.326. The molecular weight excluding hydrogens is 162 g/mol. The zero-order chi connectivity index (χ0) is 0. The van der Waals surface area contributed by atoms with Crippen LogP contribution in [0, 0.1) is 0 Å². The first-order chi connectivity index (χ1) is 0. The van der Waals surface area contributed by atoms with E-state index in [4.69, 9.17) is 0 Å². The Balaban J connectivity index is 0. The molecule has 4 heavy (non-hydrogen) atoms. The van der Waals surface area contributed by atoms with E-state index < -0.39 is 0 Å². The molecule has 0 atom stereocenters. The Morgan fingerprint density at radius 2 is 1.00 bits per heavy atom. The molecule has 2 nitrogen and oxygen atoms in total. The maximum absolute atomic E-state index is 0. The predicted molar refractivity (Wildman–Crippen MR) is 8.34 cm³/mol. The minimum Gasteiger partial charge on any atom is -1.00 e. The molecular formula is H5KO2Zr. The Morgan fingerprint density at radius 1 is 1.00 bits per heavy atom. The summed E-state index contributed by atoms with van der Waals surface area (Å²) in [6, 6.07) is 0. The van der Waals surface area contributed by atoms with Crippen LogP contribution in [-0.4, -0.2) is 11.0 Å². The van der Waals surface area contributed by atoms with Gasteiger partial charge in [0.05, 0.1) is 0 Å². The summed E-state index contributed by atoms with van der Waals surface area (Å²) >= 11 is 0. The van der Waals surface area contributed by atoms with Crippen molar-refractivity contribution in [3.63, 3.8) is 0 Å². The Hall–Kier alpha value is 2.44. The van der Waals surface area contributed by atoms with Crippen molar-refractivity contribution in [1.82, 2.24) is 0 Å². The average molecular weight is 167 g/mol. The second-order valence-electron chi connectivity index (χ2n) is 0. The van der Waals surface area contributed by atoms with Crippen LogP contribution in [0.3, 0.4) is 0 Å². The van der Waals surface area contributed by atoms with Crippen molar-refractivity contribution >= 4 is 0 Å². The van der Waals surface area contributed by atoms with Gasteiger partial charge in [-0.25, -0.2) is 0 Å². The van der Waals surface area contributed by atoms with E-state index in [1.807, 2.05) is 0 Å². The average Bonchev–Trinajstić information content (AvgIpc) is 0. The maximum atomic E-state index is 0. The molecule has 0 heterocycles. The molecule has 0 bridgehead atoms. The molecule has 0 fully saturated rings. The van der Waals surface area contributed by atoms with Gasteiger partial charge in [-0.3, -0.25) is 0 Å². The molecule has 0 aromatic carbocycles. The van der Waals surface area contributed by atoms with E-state index in [2.05, 4.69) is 0 Å². The Labute approximate surface area is 88.0 Å². The molecule has 0 aromatic rings. The van der Waals surface area contributed by atoms with Gasteiger partial charge in [0.25, 0.3) is 0 Å². The van der Waals surface area contributed by atoms with Gasteiger partial charge in [-0.15, -0.1) is 0 Å². The van der Waals surface area contributed by atoms with Crippen LogP contribution < -0.4 is 51.4 Å². The molecule has 0 aliphatic rings. The second-order valence-corrected chi connectivity index (χ2v) is 0. The van der Waals surface area contributed by atoms with Crippen LogP contribution in [0.15, 0.2) is 0 Å². The summed E-state index contributed by atoms with van der Waals surface area (Å²) in [5, 5.41) is 0. The van der Waals surface area contributed by atoms with E-state index in [1.165, 1.54) is 0 Å². The standard InChI is InChI=1S/K.2H2O.Zr.H/h;2*1H2;;/q+1;;;;-1. The van der Waals surface area contributed by atoms with E-state index in [0.29, 0.717) is 0 Å². The van der Waals surface area contributed by atoms with Crippen molar-refractivity contribution in [2.24, 2.45) is 0 Å². The van der Waals surface area contributed by atoms with Crippen molar-refractivity contribution in [3.05, 3.63) is 0 Å². The molecule has 0 rings (SSSR count). The van der Waals surface area contributed by atoms with Crippen molar-refractivity contribution in [3.8, 4) is 0 Å². The van der Waals surface area contributed by atoms with Crippen LogP contribution in [0.2, 0.25) is 0 Å². The molecule has 0 aliphatic heterocycles. The summed E-state index contributed by atoms with van der Waals surface area (Å²) in [7, 11) is 0. The summed E-state index contributed by atoms with van der Waals surface area (Å²) in [6.07, 6.45) is 0. The topological polar surface area (TPSA) is 63.0 Å². The van der Waals surface area contributed by atoms with E-state index in [0.717, 1.165) is 0 Å². The van der Waals surface area contributed by atoms with E-state index in [-0.39, 0.29) is 90.0 Å². The maximum Gasteiger partial charge on any atom is 1.00 e. The fourth-order valence-corrected chi connectivity index (χ4v) is 0.